The molecule has 4 atom stereocenters. The number of esters is 1. The lowest BCUT2D eigenvalue weighted by molar-refractivity contribution is -0.173. The van der Waals surface area contributed by atoms with Crippen LogP contribution in [0.15, 0.2) is 91.0 Å². The summed E-state index contributed by atoms with van der Waals surface area (Å²) >= 11 is 1.35. The first kappa shape index (κ1) is 24.1. The molecule has 36 heavy (non-hydrogen) atoms. The van der Waals surface area contributed by atoms with Crippen molar-refractivity contribution >= 4 is 29.5 Å². The first-order chi connectivity index (χ1) is 17.5. The van der Waals surface area contributed by atoms with Crippen LogP contribution in [-0.2, 0) is 25.5 Å². The Hall–Kier alpha value is -3.62. The van der Waals surface area contributed by atoms with Crippen LogP contribution in [-0.4, -0.2) is 57.1 Å². The molecule has 2 N–H and O–H groups in total. The minimum Gasteiger partial charge on any atom is -0.451 e. The summed E-state index contributed by atoms with van der Waals surface area (Å²) in [4.78, 5) is 40.3. The van der Waals surface area contributed by atoms with Crippen LogP contribution < -0.4 is 5.32 Å². The molecule has 8 heteroatoms. The quantitative estimate of drug-likeness (QED) is 0.381. The minimum atomic E-state index is -1.14. The second kappa shape index (κ2) is 10.6. The number of aliphatic hydroxyl groups excluding tert-OH is 1. The van der Waals surface area contributed by atoms with E-state index >= 15 is 0 Å². The second-order valence-corrected chi connectivity index (χ2v) is 9.98. The van der Waals surface area contributed by atoms with E-state index in [1.54, 1.807) is 0 Å². The highest BCUT2D eigenvalue weighted by molar-refractivity contribution is 8.00. The molecule has 2 aliphatic rings. The standard InChI is InChI=1S/C28H26N2O5S/c31-21-17-36-27-23(29-22(32)16-18-10-4-1-5-11-18)26(33)30(27)24(21)28(34)35-25(19-12-6-2-7-13-19)20-14-8-3-9-15-20/h1-15,21,23-25,27,31H,16-17H2,(H,29,32)/t21?,23-,24?,27?/m0/s1. The maximum atomic E-state index is 13.4. The first-order valence-corrected chi connectivity index (χ1v) is 12.8. The number of nitrogens with one attached hydrogen (secondary N) is 1. The van der Waals surface area contributed by atoms with E-state index in [9.17, 15) is 19.5 Å². The van der Waals surface area contributed by atoms with E-state index in [0.29, 0.717) is 0 Å². The van der Waals surface area contributed by atoms with Crippen molar-refractivity contribution in [1.82, 2.24) is 10.2 Å². The van der Waals surface area contributed by atoms with Gasteiger partial charge in [-0.25, -0.2) is 4.79 Å². The Bertz CT molecular complexity index is 1180. The van der Waals surface area contributed by atoms with Gasteiger partial charge in [0, 0.05) is 5.75 Å². The van der Waals surface area contributed by atoms with E-state index in [1.807, 2.05) is 91.0 Å². The van der Waals surface area contributed by atoms with Gasteiger partial charge in [0.2, 0.25) is 11.8 Å². The fourth-order valence-electron chi connectivity index (χ4n) is 4.61. The lowest BCUT2D eigenvalue weighted by Gasteiger charge is -2.53. The van der Waals surface area contributed by atoms with Crippen LogP contribution in [0.4, 0.5) is 0 Å². The minimum absolute atomic E-state index is 0.159. The number of carbonyl (C=O) groups excluding carboxylic acids is 3. The van der Waals surface area contributed by atoms with Gasteiger partial charge in [0.1, 0.15) is 11.4 Å². The van der Waals surface area contributed by atoms with E-state index in [4.69, 9.17) is 4.74 Å². The summed E-state index contributed by atoms with van der Waals surface area (Å²) < 4.78 is 5.94. The maximum absolute atomic E-state index is 13.4. The Labute approximate surface area is 213 Å². The third kappa shape index (κ3) is 4.87. The van der Waals surface area contributed by atoms with Gasteiger partial charge in [0.15, 0.2) is 12.1 Å². The molecule has 3 aromatic carbocycles. The normalized spacial score (nSPS) is 22.9. The summed E-state index contributed by atoms with van der Waals surface area (Å²) in [6.45, 7) is 0. The molecule has 3 aromatic rings. The van der Waals surface area contributed by atoms with Gasteiger partial charge in [-0.1, -0.05) is 91.0 Å². The Morgan fingerprint density at radius 1 is 0.944 bits per heavy atom. The molecule has 5 rings (SSSR count). The predicted molar refractivity (Wildman–Crippen MR) is 136 cm³/mol. The lowest BCUT2D eigenvalue weighted by Crippen LogP contribution is -2.76. The number of thioether (sulfide) groups is 1. The second-order valence-electron chi connectivity index (χ2n) is 8.83. The molecule has 0 saturated carbocycles. The maximum Gasteiger partial charge on any atom is 0.332 e. The summed E-state index contributed by atoms with van der Waals surface area (Å²) in [6, 6.07) is 26.1. The van der Waals surface area contributed by atoms with Crippen molar-refractivity contribution in [2.24, 2.45) is 0 Å². The van der Waals surface area contributed by atoms with Gasteiger partial charge < -0.3 is 20.1 Å². The van der Waals surface area contributed by atoms with Crippen LogP contribution in [0.5, 0.6) is 0 Å². The topological polar surface area (TPSA) is 95.9 Å². The molecule has 3 unspecified atom stereocenters. The van der Waals surface area contributed by atoms with Crippen molar-refractivity contribution < 1.29 is 24.2 Å². The zero-order chi connectivity index (χ0) is 25.1. The molecule has 2 amide bonds. The number of fused-ring (bicyclic) bond motifs is 1. The zero-order valence-corrected chi connectivity index (χ0v) is 20.2. The SMILES string of the molecule is O=C(Cc1ccccc1)N[C@H]1C(=O)N2C(C(=O)OC(c3ccccc3)c3ccccc3)C(O)CSC12. The van der Waals surface area contributed by atoms with Gasteiger partial charge in [-0.2, -0.15) is 0 Å². The van der Waals surface area contributed by atoms with E-state index in [0.717, 1.165) is 16.7 Å². The molecular weight excluding hydrogens is 476 g/mol. The smallest absolute Gasteiger partial charge is 0.332 e. The zero-order valence-electron chi connectivity index (χ0n) is 19.4. The Morgan fingerprint density at radius 3 is 2.08 bits per heavy atom. The molecule has 2 saturated heterocycles. The molecule has 2 heterocycles. The summed E-state index contributed by atoms with van der Waals surface area (Å²) in [5, 5.41) is 13.0. The van der Waals surface area contributed by atoms with Gasteiger partial charge in [-0.15, -0.1) is 11.8 Å². The number of amides is 2. The highest BCUT2D eigenvalue weighted by Crippen LogP contribution is 2.39. The van der Waals surface area contributed by atoms with Crippen LogP contribution in [0.25, 0.3) is 0 Å². The van der Waals surface area contributed by atoms with E-state index in [2.05, 4.69) is 5.32 Å². The number of aliphatic hydroxyl groups is 1. The number of hydrogen-bond donors (Lipinski definition) is 2. The van der Waals surface area contributed by atoms with Crippen molar-refractivity contribution in [2.75, 3.05) is 5.75 Å². The van der Waals surface area contributed by atoms with Gasteiger partial charge in [0.05, 0.1) is 12.5 Å². The van der Waals surface area contributed by atoms with Gasteiger partial charge >= 0.3 is 5.97 Å². The van der Waals surface area contributed by atoms with E-state index < -0.39 is 41.5 Å². The summed E-state index contributed by atoms with van der Waals surface area (Å²) in [5.41, 5.74) is 2.42. The number of β-lactam (4-membered cyclic amide) rings is 1. The fourth-order valence-corrected chi connectivity index (χ4v) is 5.96. The number of carbonyl (C=O) groups is 3. The highest BCUT2D eigenvalue weighted by Gasteiger charge is 2.58. The van der Waals surface area contributed by atoms with Crippen LogP contribution in [0.1, 0.15) is 22.8 Å². The van der Waals surface area contributed by atoms with Gasteiger partial charge in [0.25, 0.3) is 0 Å². The molecule has 0 radical (unpaired) electrons. The van der Waals surface area contributed by atoms with Crippen LogP contribution in [0.3, 0.4) is 0 Å². The van der Waals surface area contributed by atoms with Crippen LogP contribution in [0, 0.1) is 0 Å². The number of nitrogens with zero attached hydrogens (tertiary/aromatic N) is 1. The number of benzene rings is 3. The summed E-state index contributed by atoms with van der Waals surface area (Å²) in [5.74, 6) is -1.09. The van der Waals surface area contributed by atoms with Crippen LogP contribution >= 0.6 is 11.8 Å². The van der Waals surface area contributed by atoms with E-state index in [1.165, 1.54) is 16.7 Å². The molecule has 0 spiro atoms. The molecule has 0 aromatic heterocycles. The number of hydrogen-bond acceptors (Lipinski definition) is 6. The Morgan fingerprint density at radius 2 is 1.50 bits per heavy atom. The summed E-state index contributed by atoms with van der Waals surface area (Å²) in [6.07, 6.45) is -1.60. The molecule has 184 valence electrons. The average Bonchev–Trinajstić information content (AvgIpc) is 2.91. The number of ether oxygens (including phenoxy) is 1. The van der Waals surface area contributed by atoms with Crippen molar-refractivity contribution in [3.8, 4) is 0 Å². The third-order valence-electron chi connectivity index (χ3n) is 6.39. The fraction of sp³-hybridized carbons (Fsp3) is 0.250. The molecule has 7 nitrogen and oxygen atoms in total. The van der Waals surface area contributed by atoms with E-state index in [-0.39, 0.29) is 18.1 Å². The van der Waals surface area contributed by atoms with Crippen molar-refractivity contribution in [1.29, 1.82) is 0 Å². The van der Waals surface area contributed by atoms with Gasteiger partial charge in [-0.3, -0.25) is 9.59 Å². The Kier molecular flexibility index (Phi) is 7.06. The largest absolute Gasteiger partial charge is 0.451 e. The monoisotopic (exact) mass is 502 g/mol. The van der Waals surface area contributed by atoms with Crippen LogP contribution in [0.2, 0.25) is 0 Å². The predicted octanol–water partition coefficient (Wildman–Crippen LogP) is 2.69. The van der Waals surface area contributed by atoms with Crippen molar-refractivity contribution in [3.63, 3.8) is 0 Å². The summed E-state index contributed by atoms with van der Waals surface area (Å²) in [7, 11) is 0. The first-order valence-electron chi connectivity index (χ1n) is 11.8. The molecule has 2 fully saturated rings. The molecule has 0 aliphatic carbocycles. The number of rotatable bonds is 7. The third-order valence-corrected chi connectivity index (χ3v) is 7.76. The highest BCUT2D eigenvalue weighted by atomic mass is 32.2. The van der Waals surface area contributed by atoms with Gasteiger partial charge in [-0.05, 0) is 16.7 Å². The van der Waals surface area contributed by atoms with Crippen molar-refractivity contribution in [3.05, 3.63) is 108 Å². The van der Waals surface area contributed by atoms with Crippen molar-refractivity contribution in [2.45, 2.75) is 36.1 Å². The molecule has 2 aliphatic heterocycles. The molecular formula is C28H26N2O5S. The lowest BCUT2D eigenvalue weighted by atomic mass is 9.98. The molecule has 0 bridgehead atoms. The average molecular weight is 503 g/mol. The Balaban J connectivity index is 1.30.